The van der Waals surface area contributed by atoms with Gasteiger partial charge in [-0.25, -0.2) is 9.59 Å². The lowest BCUT2D eigenvalue weighted by Gasteiger charge is -2.45. The van der Waals surface area contributed by atoms with Crippen LogP contribution in [0.2, 0.25) is 0 Å². The molecule has 1 unspecified atom stereocenters. The molecule has 6 atom stereocenters. The smallest absolute Gasteiger partial charge is 0.408 e. The third kappa shape index (κ3) is 10.2. The molecule has 1 aromatic rings. The maximum Gasteiger partial charge on any atom is 0.408 e. The Morgan fingerprint density at radius 2 is 1.32 bits per heavy atom. The van der Waals surface area contributed by atoms with Crippen molar-refractivity contribution in [3.05, 3.63) is 35.9 Å². The van der Waals surface area contributed by atoms with E-state index in [-0.39, 0.29) is 13.0 Å². The van der Waals surface area contributed by atoms with E-state index < -0.39 is 79.1 Å². The van der Waals surface area contributed by atoms with Crippen molar-refractivity contribution in [2.24, 2.45) is 0 Å². The molecule has 2 rings (SSSR count). The summed E-state index contributed by atoms with van der Waals surface area (Å²) in [5.74, 6) is -3.96. The second kappa shape index (κ2) is 15.4. The van der Waals surface area contributed by atoms with Crippen LogP contribution in [-0.4, -0.2) is 86.2 Å². The van der Waals surface area contributed by atoms with Crippen molar-refractivity contribution in [1.29, 1.82) is 0 Å². The summed E-state index contributed by atoms with van der Waals surface area (Å²) in [5, 5.41) is 2.39. The van der Waals surface area contributed by atoms with Crippen LogP contribution >= 0.6 is 0 Å². The number of esters is 5. The molecule has 1 heterocycles. The lowest BCUT2D eigenvalue weighted by atomic mass is 9.90. The van der Waals surface area contributed by atoms with Crippen LogP contribution in [0.5, 0.6) is 0 Å². The molecule has 0 aliphatic carbocycles. The molecule has 1 aliphatic rings. The number of rotatable bonds is 11. The average molecular weight is 568 g/mol. The highest BCUT2D eigenvalue weighted by molar-refractivity contribution is 5.81. The summed E-state index contributed by atoms with van der Waals surface area (Å²) in [7, 11) is 1.10. The Labute approximate surface area is 230 Å². The Bertz CT molecular complexity index is 1060. The summed E-state index contributed by atoms with van der Waals surface area (Å²) < 4.78 is 37.1. The molecular weight excluding hydrogens is 534 g/mol. The molecule has 1 aromatic carbocycles. The van der Waals surface area contributed by atoms with E-state index in [4.69, 9.17) is 33.2 Å². The fourth-order valence-corrected chi connectivity index (χ4v) is 4.00. The normalized spacial score (nSPS) is 22.6. The van der Waals surface area contributed by atoms with Crippen LogP contribution in [0, 0.1) is 0 Å². The summed E-state index contributed by atoms with van der Waals surface area (Å²) in [6.45, 7) is 3.89. The van der Waals surface area contributed by atoms with Crippen LogP contribution < -0.4 is 5.32 Å². The van der Waals surface area contributed by atoms with E-state index in [1.54, 1.807) is 30.3 Å². The zero-order valence-corrected chi connectivity index (χ0v) is 22.8. The lowest BCUT2D eigenvalue weighted by Crippen LogP contribution is -2.63. The quantitative estimate of drug-likeness (QED) is 0.296. The van der Waals surface area contributed by atoms with E-state index in [9.17, 15) is 28.8 Å². The molecule has 0 spiro atoms. The topological polar surface area (TPSA) is 179 Å². The third-order valence-electron chi connectivity index (χ3n) is 5.55. The molecule has 14 nitrogen and oxygen atoms in total. The Hall–Kier alpha value is -4.20. The molecule has 220 valence electrons. The maximum atomic E-state index is 12.6. The first-order chi connectivity index (χ1) is 18.9. The predicted octanol–water partition coefficient (Wildman–Crippen LogP) is 0.970. The summed E-state index contributed by atoms with van der Waals surface area (Å²) in [5.41, 5.74) is 0.701. The summed E-state index contributed by atoms with van der Waals surface area (Å²) in [6.07, 6.45) is -7.98. The maximum absolute atomic E-state index is 12.6. The molecule has 0 saturated carbocycles. The van der Waals surface area contributed by atoms with Gasteiger partial charge in [-0.05, 0) is 5.56 Å². The van der Waals surface area contributed by atoms with Gasteiger partial charge < -0.3 is 38.5 Å². The number of carbonyl (C=O) groups excluding carboxylic acids is 6. The number of benzene rings is 1. The standard InChI is InChI=1S/C26H33NO13/c1-14(28)35-13-21-23(38-16(3)30)24(39-17(4)31)22(37-15(2)29)20(40-21)11-19(25(32)34-5)27-26(33)36-12-18-9-7-6-8-10-18/h6-10,19-24H,11-13H2,1-5H3,(H,27,33)/t19?,20-,21-,22-,23-,24-/m1/s1. The van der Waals surface area contributed by atoms with Crippen molar-refractivity contribution in [2.75, 3.05) is 13.7 Å². The van der Waals surface area contributed by atoms with Gasteiger partial charge in [-0.15, -0.1) is 0 Å². The Morgan fingerprint density at radius 1 is 0.775 bits per heavy atom. The zero-order valence-electron chi connectivity index (χ0n) is 22.8. The van der Waals surface area contributed by atoms with E-state index in [1.165, 1.54) is 0 Å². The molecule has 0 aromatic heterocycles. The highest BCUT2D eigenvalue weighted by atomic mass is 16.7. The van der Waals surface area contributed by atoms with E-state index >= 15 is 0 Å². The van der Waals surface area contributed by atoms with E-state index in [0.29, 0.717) is 5.56 Å². The minimum atomic E-state index is -1.42. The second-order valence-electron chi connectivity index (χ2n) is 8.76. The monoisotopic (exact) mass is 567 g/mol. The van der Waals surface area contributed by atoms with Crippen LogP contribution in [-0.2, 0) is 63.7 Å². The highest BCUT2D eigenvalue weighted by Crippen LogP contribution is 2.31. The first kappa shape index (κ1) is 32.0. The van der Waals surface area contributed by atoms with Gasteiger partial charge in [0, 0.05) is 34.1 Å². The largest absolute Gasteiger partial charge is 0.467 e. The van der Waals surface area contributed by atoms with Gasteiger partial charge >= 0.3 is 35.9 Å². The first-order valence-electron chi connectivity index (χ1n) is 12.3. The first-order valence-corrected chi connectivity index (χ1v) is 12.3. The van der Waals surface area contributed by atoms with Crippen molar-refractivity contribution in [3.8, 4) is 0 Å². The van der Waals surface area contributed by atoms with Gasteiger partial charge in [-0.3, -0.25) is 19.2 Å². The van der Waals surface area contributed by atoms with Crippen molar-refractivity contribution < 1.29 is 61.9 Å². The van der Waals surface area contributed by atoms with Crippen molar-refractivity contribution >= 4 is 35.9 Å². The van der Waals surface area contributed by atoms with Crippen molar-refractivity contribution in [3.63, 3.8) is 0 Å². The number of methoxy groups -OCH3 is 1. The minimum Gasteiger partial charge on any atom is -0.467 e. The molecule has 14 heteroatoms. The number of hydrogen-bond acceptors (Lipinski definition) is 13. The minimum absolute atomic E-state index is 0.0837. The Morgan fingerprint density at radius 3 is 1.85 bits per heavy atom. The number of amides is 1. The third-order valence-corrected chi connectivity index (χ3v) is 5.55. The van der Waals surface area contributed by atoms with Gasteiger partial charge in [0.1, 0.15) is 31.5 Å². The molecule has 1 N–H and O–H groups in total. The van der Waals surface area contributed by atoms with Gasteiger partial charge in [0.15, 0.2) is 18.3 Å². The van der Waals surface area contributed by atoms with E-state index in [1.807, 2.05) is 0 Å². The number of carbonyl (C=O) groups is 6. The van der Waals surface area contributed by atoms with Crippen molar-refractivity contribution in [1.82, 2.24) is 5.32 Å². The van der Waals surface area contributed by atoms with Gasteiger partial charge in [0.25, 0.3) is 0 Å². The SMILES string of the molecule is COC(=O)C(C[C@H]1O[C@H](COC(C)=O)[C@@H](OC(C)=O)[C@H](OC(C)=O)[C@@H]1OC(C)=O)NC(=O)OCc1ccccc1. The number of hydrogen-bond donors (Lipinski definition) is 1. The van der Waals surface area contributed by atoms with Crippen LogP contribution in [0.25, 0.3) is 0 Å². The van der Waals surface area contributed by atoms with Gasteiger partial charge in [0.2, 0.25) is 0 Å². The molecule has 0 radical (unpaired) electrons. The summed E-state index contributed by atoms with van der Waals surface area (Å²) >= 11 is 0. The number of nitrogens with one attached hydrogen (secondary N) is 1. The molecule has 1 fully saturated rings. The van der Waals surface area contributed by atoms with Gasteiger partial charge in [0.05, 0.1) is 7.11 Å². The average Bonchev–Trinajstić information content (AvgIpc) is 2.88. The Balaban J connectivity index is 2.36. The van der Waals surface area contributed by atoms with Crippen LogP contribution in [0.1, 0.15) is 39.7 Å². The molecule has 1 saturated heterocycles. The fourth-order valence-electron chi connectivity index (χ4n) is 4.00. The second-order valence-corrected chi connectivity index (χ2v) is 8.76. The predicted molar refractivity (Wildman–Crippen MR) is 132 cm³/mol. The molecule has 40 heavy (non-hydrogen) atoms. The summed E-state index contributed by atoms with van der Waals surface area (Å²) in [4.78, 5) is 72.5. The number of ether oxygens (including phenoxy) is 7. The zero-order chi connectivity index (χ0) is 29.8. The summed E-state index contributed by atoms with van der Waals surface area (Å²) in [6, 6.07) is 7.42. The molecule has 0 bridgehead atoms. The van der Waals surface area contributed by atoms with Crippen LogP contribution in [0.4, 0.5) is 4.79 Å². The highest BCUT2D eigenvalue weighted by Gasteiger charge is 2.53. The molecular formula is C26H33NO13. The fraction of sp³-hybridized carbons (Fsp3) is 0.538. The van der Waals surface area contributed by atoms with Crippen molar-refractivity contribution in [2.45, 2.75) is 77.3 Å². The van der Waals surface area contributed by atoms with Crippen LogP contribution in [0.15, 0.2) is 30.3 Å². The van der Waals surface area contributed by atoms with Gasteiger partial charge in [-0.1, -0.05) is 30.3 Å². The van der Waals surface area contributed by atoms with Gasteiger partial charge in [-0.2, -0.15) is 0 Å². The Kier molecular flexibility index (Phi) is 12.3. The van der Waals surface area contributed by atoms with Crippen LogP contribution in [0.3, 0.4) is 0 Å². The lowest BCUT2D eigenvalue weighted by molar-refractivity contribution is -0.254. The molecule has 1 aliphatic heterocycles. The van der Waals surface area contributed by atoms with E-state index in [2.05, 4.69) is 5.32 Å². The molecule has 1 amide bonds. The number of alkyl carbamates (subject to hydrolysis) is 1. The van der Waals surface area contributed by atoms with E-state index in [0.717, 1.165) is 34.8 Å².